The van der Waals surface area contributed by atoms with Crippen molar-refractivity contribution in [3.05, 3.63) is 46.9 Å². The fraction of sp³-hybridized carbons (Fsp3) is 0.350. The summed E-state index contributed by atoms with van der Waals surface area (Å²) in [5.74, 6) is -0.874. The van der Waals surface area contributed by atoms with Crippen LogP contribution in [0.4, 0.5) is 0 Å². The normalized spacial score (nSPS) is 13.1. The van der Waals surface area contributed by atoms with Crippen LogP contribution in [0.2, 0.25) is 5.15 Å². The lowest BCUT2D eigenvalue weighted by molar-refractivity contribution is -0.146. The van der Waals surface area contributed by atoms with Crippen molar-refractivity contribution < 1.29 is 14.6 Å². The molecule has 0 fully saturated rings. The summed E-state index contributed by atoms with van der Waals surface area (Å²) in [5, 5.41) is 9.98. The number of ether oxygens (including phenoxy) is 1. The predicted molar refractivity (Wildman–Crippen MR) is 105 cm³/mol. The number of nitrogens with one attached hydrogen (secondary N) is 1. The molecule has 0 aromatic carbocycles. The minimum absolute atomic E-state index is 0.218. The highest BCUT2D eigenvalue weighted by atomic mass is 35.5. The molecule has 2 N–H and O–H groups in total. The van der Waals surface area contributed by atoms with Crippen molar-refractivity contribution in [3.8, 4) is 11.3 Å². The molecule has 0 spiro atoms. The SMILES string of the molecule is CO[C@@H](C)c1ncccc1-c1[nH]c2ccc(Cl)nc2c1CC(C)(C)C(=O)O. The van der Waals surface area contributed by atoms with Crippen molar-refractivity contribution in [1.29, 1.82) is 0 Å². The molecule has 3 aromatic heterocycles. The summed E-state index contributed by atoms with van der Waals surface area (Å²) >= 11 is 6.11. The van der Waals surface area contributed by atoms with Crippen molar-refractivity contribution in [2.24, 2.45) is 5.41 Å². The lowest BCUT2D eigenvalue weighted by Crippen LogP contribution is -2.26. The quantitative estimate of drug-likeness (QED) is 0.601. The highest BCUT2D eigenvalue weighted by Crippen LogP contribution is 2.37. The Morgan fingerprint density at radius 3 is 2.78 bits per heavy atom. The number of hydrogen-bond donors (Lipinski definition) is 2. The summed E-state index contributed by atoms with van der Waals surface area (Å²) in [5.41, 5.74) is 3.73. The van der Waals surface area contributed by atoms with Crippen molar-refractivity contribution in [2.75, 3.05) is 7.11 Å². The molecule has 3 aromatic rings. The number of aliphatic carboxylic acids is 1. The van der Waals surface area contributed by atoms with Crippen molar-refractivity contribution in [1.82, 2.24) is 15.0 Å². The van der Waals surface area contributed by atoms with Crippen LogP contribution in [-0.2, 0) is 16.0 Å². The van der Waals surface area contributed by atoms with Gasteiger partial charge in [-0.3, -0.25) is 9.78 Å². The van der Waals surface area contributed by atoms with Crippen molar-refractivity contribution in [3.63, 3.8) is 0 Å². The molecule has 1 atom stereocenters. The zero-order valence-corrected chi connectivity index (χ0v) is 16.5. The smallest absolute Gasteiger partial charge is 0.309 e. The van der Waals surface area contributed by atoms with Gasteiger partial charge in [0.2, 0.25) is 0 Å². The Morgan fingerprint density at radius 1 is 1.37 bits per heavy atom. The largest absolute Gasteiger partial charge is 0.481 e. The van der Waals surface area contributed by atoms with Crippen LogP contribution in [0.3, 0.4) is 0 Å². The second kappa shape index (κ2) is 7.29. The molecule has 7 heteroatoms. The van der Waals surface area contributed by atoms with Gasteiger partial charge in [-0.25, -0.2) is 4.98 Å². The number of aromatic nitrogens is 3. The fourth-order valence-corrected chi connectivity index (χ4v) is 3.23. The van der Waals surface area contributed by atoms with Crippen LogP contribution >= 0.6 is 11.6 Å². The topological polar surface area (TPSA) is 88.1 Å². The minimum atomic E-state index is -0.969. The van der Waals surface area contributed by atoms with Crippen LogP contribution in [0, 0.1) is 5.41 Å². The Labute approximate surface area is 162 Å². The van der Waals surface area contributed by atoms with Gasteiger partial charge in [-0.15, -0.1) is 0 Å². The Kier molecular flexibility index (Phi) is 5.22. The first-order valence-corrected chi connectivity index (χ1v) is 9.01. The van der Waals surface area contributed by atoms with Gasteiger partial charge in [-0.1, -0.05) is 11.6 Å². The molecule has 0 saturated heterocycles. The van der Waals surface area contributed by atoms with E-state index in [1.54, 1.807) is 33.2 Å². The number of aromatic amines is 1. The number of carboxylic acids is 1. The monoisotopic (exact) mass is 387 g/mol. The lowest BCUT2D eigenvalue weighted by atomic mass is 9.84. The zero-order chi connectivity index (χ0) is 19.8. The molecule has 0 aliphatic heterocycles. The van der Waals surface area contributed by atoms with Crippen LogP contribution in [-0.4, -0.2) is 33.1 Å². The van der Waals surface area contributed by atoms with E-state index >= 15 is 0 Å². The van der Waals surface area contributed by atoms with Gasteiger partial charge in [0.15, 0.2) is 0 Å². The number of pyridine rings is 2. The number of nitrogens with zero attached hydrogens (tertiary/aromatic N) is 2. The summed E-state index contributed by atoms with van der Waals surface area (Å²) < 4.78 is 5.46. The first-order valence-electron chi connectivity index (χ1n) is 8.63. The maximum Gasteiger partial charge on any atom is 0.309 e. The van der Waals surface area contributed by atoms with E-state index in [1.807, 2.05) is 25.1 Å². The molecule has 0 amide bonds. The molecule has 27 heavy (non-hydrogen) atoms. The zero-order valence-electron chi connectivity index (χ0n) is 15.7. The van der Waals surface area contributed by atoms with E-state index in [4.69, 9.17) is 16.3 Å². The van der Waals surface area contributed by atoms with Crippen LogP contribution in [0.5, 0.6) is 0 Å². The number of fused-ring (bicyclic) bond motifs is 1. The van der Waals surface area contributed by atoms with Crippen molar-refractivity contribution in [2.45, 2.75) is 33.3 Å². The summed E-state index contributed by atoms with van der Waals surface area (Å²) in [6.07, 6.45) is 1.79. The van der Waals surface area contributed by atoms with Gasteiger partial charge in [-0.05, 0) is 51.5 Å². The third kappa shape index (κ3) is 3.68. The summed E-state index contributed by atoms with van der Waals surface area (Å²) in [7, 11) is 1.63. The standard InChI is InChI=1S/C20H22ClN3O3/c1-11(27-4)16-12(6-5-9-22-16)17-13(10-20(2,3)19(25)26)18-14(23-17)7-8-15(21)24-18/h5-9,11,23H,10H2,1-4H3,(H,25,26)/t11-/m0/s1. The molecule has 0 aliphatic carbocycles. The molecule has 0 bridgehead atoms. The number of methoxy groups -OCH3 is 1. The predicted octanol–water partition coefficient (Wildman–Crippen LogP) is 4.64. The van der Waals surface area contributed by atoms with E-state index in [1.165, 1.54) is 0 Å². The van der Waals surface area contributed by atoms with Crippen LogP contribution in [0.25, 0.3) is 22.3 Å². The summed E-state index contributed by atoms with van der Waals surface area (Å²) in [4.78, 5) is 24.0. The maximum absolute atomic E-state index is 11.7. The highest BCUT2D eigenvalue weighted by molar-refractivity contribution is 6.29. The highest BCUT2D eigenvalue weighted by Gasteiger charge is 2.31. The number of carbonyl (C=O) groups is 1. The second-order valence-corrected chi connectivity index (χ2v) is 7.58. The number of rotatable bonds is 6. The van der Waals surface area contributed by atoms with E-state index in [9.17, 15) is 9.90 Å². The summed E-state index contributed by atoms with van der Waals surface area (Å²) in [6, 6.07) is 7.35. The first kappa shape index (κ1) is 19.3. The molecule has 0 saturated carbocycles. The molecule has 6 nitrogen and oxygen atoms in total. The van der Waals surface area contributed by atoms with E-state index < -0.39 is 11.4 Å². The maximum atomic E-state index is 11.7. The minimum Gasteiger partial charge on any atom is -0.481 e. The third-order valence-corrected chi connectivity index (χ3v) is 4.96. The Balaban J connectivity index is 2.28. The van der Waals surface area contributed by atoms with Gasteiger partial charge < -0.3 is 14.8 Å². The van der Waals surface area contributed by atoms with E-state index in [-0.39, 0.29) is 6.10 Å². The molecule has 3 rings (SSSR count). The van der Waals surface area contributed by atoms with Gasteiger partial charge in [-0.2, -0.15) is 0 Å². The Hall–Kier alpha value is -2.44. The molecular formula is C20H22ClN3O3. The van der Waals surface area contributed by atoms with Crippen LogP contribution < -0.4 is 0 Å². The Bertz CT molecular complexity index is 997. The van der Waals surface area contributed by atoms with Gasteiger partial charge >= 0.3 is 5.97 Å². The van der Waals surface area contributed by atoms with Gasteiger partial charge in [0.1, 0.15) is 5.15 Å². The van der Waals surface area contributed by atoms with Crippen LogP contribution in [0.1, 0.15) is 38.1 Å². The number of halogens is 1. The van der Waals surface area contributed by atoms with Gasteiger partial charge in [0, 0.05) is 24.4 Å². The molecule has 142 valence electrons. The molecule has 0 unspecified atom stereocenters. The molecule has 0 radical (unpaired) electrons. The fourth-order valence-electron chi connectivity index (χ4n) is 3.08. The van der Waals surface area contributed by atoms with E-state index in [0.717, 1.165) is 28.0 Å². The molecule has 3 heterocycles. The Morgan fingerprint density at radius 2 is 2.11 bits per heavy atom. The molecular weight excluding hydrogens is 366 g/mol. The lowest BCUT2D eigenvalue weighted by Gasteiger charge is -2.20. The van der Waals surface area contributed by atoms with E-state index in [2.05, 4.69) is 15.0 Å². The second-order valence-electron chi connectivity index (χ2n) is 7.19. The number of H-pyrrole nitrogens is 1. The van der Waals surface area contributed by atoms with E-state index in [0.29, 0.717) is 17.1 Å². The molecule has 0 aliphatic rings. The van der Waals surface area contributed by atoms with Gasteiger partial charge in [0.05, 0.1) is 33.9 Å². The van der Waals surface area contributed by atoms with Gasteiger partial charge in [0.25, 0.3) is 0 Å². The number of carboxylic acid groups (broad SMARTS) is 1. The third-order valence-electron chi connectivity index (χ3n) is 4.75. The summed E-state index contributed by atoms with van der Waals surface area (Å²) in [6.45, 7) is 5.32. The average Bonchev–Trinajstić information content (AvgIpc) is 2.98. The average molecular weight is 388 g/mol. The first-order chi connectivity index (χ1) is 12.7. The van der Waals surface area contributed by atoms with Crippen molar-refractivity contribution >= 4 is 28.6 Å². The number of hydrogen-bond acceptors (Lipinski definition) is 4. The van der Waals surface area contributed by atoms with Crippen LogP contribution in [0.15, 0.2) is 30.5 Å².